The fourth-order valence-corrected chi connectivity index (χ4v) is 3.05. The van der Waals surface area contributed by atoms with Gasteiger partial charge in [-0.05, 0) is 51.5 Å². The second-order valence-electron chi connectivity index (χ2n) is 5.63. The van der Waals surface area contributed by atoms with Crippen molar-refractivity contribution in [2.75, 3.05) is 19.7 Å². The topological polar surface area (TPSA) is 23.5 Å². The van der Waals surface area contributed by atoms with Crippen LogP contribution in [0.5, 0.6) is 0 Å². The molecule has 1 fully saturated rings. The summed E-state index contributed by atoms with van der Waals surface area (Å²) < 4.78 is 0. The number of rotatable bonds is 4. The van der Waals surface area contributed by atoms with Crippen molar-refractivity contribution < 1.29 is 5.11 Å². The Kier molecular flexibility index (Phi) is 4.41. The van der Waals surface area contributed by atoms with Crippen molar-refractivity contribution in [1.82, 2.24) is 4.90 Å². The minimum absolute atomic E-state index is 0.321. The molecule has 2 atom stereocenters. The molecule has 2 nitrogen and oxygen atoms in total. The summed E-state index contributed by atoms with van der Waals surface area (Å²) in [5.74, 6) is 0.700. The summed E-state index contributed by atoms with van der Waals surface area (Å²) in [7, 11) is 0. The van der Waals surface area contributed by atoms with Gasteiger partial charge in [-0.3, -0.25) is 4.90 Å². The van der Waals surface area contributed by atoms with Gasteiger partial charge < -0.3 is 5.11 Å². The van der Waals surface area contributed by atoms with Gasteiger partial charge in [-0.25, -0.2) is 0 Å². The Hall–Kier alpha value is -0.600. The zero-order chi connectivity index (χ0) is 12.3. The molecule has 1 N–H and O–H groups in total. The van der Waals surface area contributed by atoms with Gasteiger partial charge in [-0.15, -0.1) is 0 Å². The van der Waals surface area contributed by atoms with Gasteiger partial charge >= 0.3 is 0 Å². The van der Waals surface area contributed by atoms with Crippen molar-refractivity contribution in [2.24, 2.45) is 5.92 Å². The maximum atomic E-state index is 9.31. The Bertz CT molecular complexity index is 308. The minimum Gasteiger partial charge on any atom is -0.395 e. The van der Waals surface area contributed by atoms with Crippen LogP contribution >= 0.6 is 0 Å². The molecule has 2 rings (SSSR count). The first-order chi connectivity index (χ1) is 8.20. The summed E-state index contributed by atoms with van der Waals surface area (Å²) in [6, 6.07) is 0.412. The van der Waals surface area contributed by atoms with E-state index in [-0.39, 0.29) is 0 Å². The predicted octanol–water partition coefficient (Wildman–Crippen LogP) is 2.75. The van der Waals surface area contributed by atoms with Crippen LogP contribution < -0.4 is 0 Å². The lowest BCUT2D eigenvalue weighted by Crippen LogP contribution is -2.34. The molecule has 0 saturated carbocycles. The molecule has 96 valence electrons. The van der Waals surface area contributed by atoms with Gasteiger partial charge in [-0.1, -0.05) is 23.8 Å². The number of allylic oxidation sites excluding steroid dienone is 2. The van der Waals surface area contributed by atoms with Gasteiger partial charge in [0.1, 0.15) is 0 Å². The lowest BCUT2D eigenvalue weighted by Gasteiger charge is -2.28. The molecule has 2 heteroatoms. The van der Waals surface area contributed by atoms with E-state index in [1.54, 1.807) is 5.57 Å². The summed E-state index contributed by atoms with van der Waals surface area (Å²) in [5.41, 5.74) is 2.90. The van der Waals surface area contributed by atoms with E-state index in [2.05, 4.69) is 24.5 Å². The van der Waals surface area contributed by atoms with Gasteiger partial charge in [-0.2, -0.15) is 0 Å². The number of aliphatic hydroxyl groups excluding tert-OH is 1. The third kappa shape index (κ3) is 3.20. The van der Waals surface area contributed by atoms with Crippen LogP contribution in [-0.4, -0.2) is 35.7 Å². The average Bonchev–Trinajstić information content (AvgIpc) is 2.77. The van der Waals surface area contributed by atoms with Gasteiger partial charge in [0.15, 0.2) is 0 Å². The van der Waals surface area contributed by atoms with Crippen LogP contribution in [0.3, 0.4) is 0 Å². The zero-order valence-corrected chi connectivity index (χ0v) is 11.0. The molecule has 0 spiro atoms. The molecule has 0 bridgehead atoms. The molecule has 17 heavy (non-hydrogen) atoms. The van der Waals surface area contributed by atoms with Crippen LogP contribution in [-0.2, 0) is 0 Å². The number of likely N-dealkylation sites (tertiary alicyclic amines) is 1. The molecule has 0 aromatic rings. The molecule has 0 aromatic heterocycles. The van der Waals surface area contributed by atoms with Crippen LogP contribution in [0.4, 0.5) is 0 Å². The second-order valence-corrected chi connectivity index (χ2v) is 5.63. The summed E-state index contributed by atoms with van der Waals surface area (Å²) in [5, 5.41) is 9.31. The van der Waals surface area contributed by atoms with Crippen molar-refractivity contribution in [1.29, 1.82) is 0 Å². The molecule has 1 aliphatic heterocycles. The van der Waals surface area contributed by atoms with Crippen molar-refractivity contribution >= 4 is 0 Å². The largest absolute Gasteiger partial charge is 0.395 e. The van der Waals surface area contributed by atoms with Crippen molar-refractivity contribution in [2.45, 2.75) is 45.1 Å². The van der Waals surface area contributed by atoms with Gasteiger partial charge in [0.05, 0.1) is 6.61 Å². The smallest absolute Gasteiger partial charge is 0.0587 e. The molecule has 0 aromatic carbocycles. The molecule has 0 unspecified atom stereocenters. The van der Waals surface area contributed by atoms with Gasteiger partial charge in [0.25, 0.3) is 0 Å². The molecule has 0 radical (unpaired) electrons. The normalized spacial score (nSPS) is 30.4. The lowest BCUT2D eigenvalue weighted by atomic mass is 9.85. The Labute approximate surface area is 105 Å². The maximum absolute atomic E-state index is 9.31. The highest BCUT2D eigenvalue weighted by molar-refractivity contribution is 5.14. The van der Waals surface area contributed by atoms with Crippen LogP contribution in [0.1, 0.15) is 39.0 Å². The second kappa shape index (κ2) is 5.83. The van der Waals surface area contributed by atoms with E-state index in [1.807, 2.05) is 0 Å². The van der Waals surface area contributed by atoms with E-state index in [0.29, 0.717) is 18.6 Å². The van der Waals surface area contributed by atoms with Crippen molar-refractivity contribution in [3.8, 4) is 0 Å². The van der Waals surface area contributed by atoms with E-state index in [1.165, 1.54) is 31.3 Å². The highest BCUT2D eigenvalue weighted by atomic mass is 16.3. The summed E-state index contributed by atoms with van der Waals surface area (Å²) in [4.78, 5) is 2.45. The molecule has 1 saturated heterocycles. The van der Waals surface area contributed by atoms with Gasteiger partial charge in [0, 0.05) is 12.6 Å². The predicted molar refractivity (Wildman–Crippen MR) is 71.9 cm³/mol. The standard InChI is InChI=1S/C15H25NO/c1-12(2)14-7-5-13(6-8-14)10-16-9-3-4-15(16)11-17/h5,14-15,17H,1,3-4,6-11H2,2H3/t14-,15-/m1/s1. The van der Waals surface area contributed by atoms with Crippen LogP contribution in [0.2, 0.25) is 0 Å². The molecule has 1 heterocycles. The minimum atomic E-state index is 0.321. The highest BCUT2D eigenvalue weighted by Gasteiger charge is 2.25. The van der Waals surface area contributed by atoms with Crippen molar-refractivity contribution in [3.05, 3.63) is 23.8 Å². The van der Waals surface area contributed by atoms with E-state index in [9.17, 15) is 5.11 Å². The number of aliphatic hydroxyl groups is 1. The Morgan fingerprint density at radius 2 is 2.35 bits per heavy atom. The first-order valence-electron chi connectivity index (χ1n) is 6.89. The maximum Gasteiger partial charge on any atom is 0.0587 e. The van der Waals surface area contributed by atoms with Crippen LogP contribution in [0, 0.1) is 5.92 Å². The van der Waals surface area contributed by atoms with E-state index >= 15 is 0 Å². The first-order valence-corrected chi connectivity index (χ1v) is 6.89. The fourth-order valence-electron chi connectivity index (χ4n) is 3.05. The SMILES string of the molecule is C=C(C)[C@@H]1CC=C(CN2CCC[C@@H]2CO)CC1. The molecular weight excluding hydrogens is 210 g/mol. The average molecular weight is 235 g/mol. The zero-order valence-electron chi connectivity index (χ0n) is 11.0. The monoisotopic (exact) mass is 235 g/mol. The lowest BCUT2D eigenvalue weighted by molar-refractivity contribution is 0.166. The number of hydrogen-bond donors (Lipinski definition) is 1. The Balaban J connectivity index is 1.86. The quantitative estimate of drug-likeness (QED) is 0.757. The fraction of sp³-hybridized carbons (Fsp3) is 0.733. The first kappa shape index (κ1) is 12.8. The number of hydrogen-bond acceptors (Lipinski definition) is 2. The number of nitrogens with zero attached hydrogens (tertiary/aromatic N) is 1. The third-order valence-electron chi connectivity index (χ3n) is 4.32. The van der Waals surface area contributed by atoms with Crippen LogP contribution in [0.25, 0.3) is 0 Å². The van der Waals surface area contributed by atoms with E-state index in [4.69, 9.17) is 0 Å². The molecule has 1 aliphatic carbocycles. The Morgan fingerprint density at radius 3 is 2.94 bits per heavy atom. The summed E-state index contributed by atoms with van der Waals surface area (Å²) >= 11 is 0. The molecular formula is C15H25NO. The molecule has 2 aliphatic rings. The van der Waals surface area contributed by atoms with Gasteiger partial charge in [0.2, 0.25) is 0 Å². The summed E-state index contributed by atoms with van der Waals surface area (Å²) in [6.07, 6.45) is 8.47. The Morgan fingerprint density at radius 1 is 1.53 bits per heavy atom. The van der Waals surface area contributed by atoms with E-state index < -0.39 is 0 Å². The highest BCUT2D eigenvalue weighted by Crippen LogP contribution is 2.29. The van der Waals surface area contributed by atoms with E-state index in [0.717, 1.165) is 19.5 Å². The summed E-state index contributed by atoms with van der Waals surface area (Å²) in [6.45, 7) is 8.76. The third-order valence-corrected chi connectivity index (χ3v) is 4.32. The van der Waals surface area contributed by atoms with Crippen molar-refractivity contribution in [3.63, 3.8) is 0 Å². The molecule has 0 amide bonds. The van der Waals surface area contributed by atoms with Crippen LogP contribution in [0.15, 0.2) is 23.8 Å².